The average Bonchev–Trinajstić information content (AvgIpc) is 2.64. The van der Waals surface area contributed by atoms with Crippen LogP contribution in [0.25, 0.3) is 0 Å². The van der Waals surface area contributed by atoms with Gasteiger partial charge in [0.05, 0.1) is 0 Å². The Labute approximate surface area is 122 Å². The van der Waals surface area contributed by atoms with Crippen LogP contribution in [0.15, 0.2) is 24.3 Å². The van der Waals surface area contributed by atoms with Crippen LogP contribution < -0.4 is 10.5 Å². The standard InChI is InChI=1S/C15H21F3N2O/c16-15(17,18)21-14-7-5-12(6-8-14)11-20-9-3-1-2-4-13(20)10-19/h5-8,13H,1-4,9-11,19H2. The van der Waals surface area contributed by atoms with Crippen molar-refractivity contribution in [3.8, 4) is 5.75 Å². The van der Waals surface area contributed by atoms with E-state index in [9.17, 15) is 13.2 Å². The highest BCUT2D eigenvalue weighted by molar-refractivity contribution is 5.27. The quantitative estimate of drug-likeness (QED) is 0.927. The van der Waals surface area contributed by atoms with Crippen molar-refractivity contribution in [1.82, 2.24) is 4.90 Å². The molecule has 2 rings (SSSR count). The summed E-state index contributed by atoms with van der Waals surface area (Å²) in [5, 5.41) is 0. The second kappa shape index (κ2) is 7.13. The lowest BCUT2D eigenvalue weighted by Crippen LogP contribution is -2.39. The van der Waals surface area contributed by atoms with Crippen molar-refractivity contribution >= 4 is 0 Å². The third kappa shape index (κ3) is 5.21. The number of ether oxygens (including phenoxy) is 1. The molecule has 3 nitrogen and oxygen atoms in total. The van der Waals surface area contributed by atoms with Gasteiger partial charge in [-0.15, -0.1) is 13.2 Å². The molecule has 1 atom stereocenters. The van der Waals surface area contributed by atoms with Gasteiger partial charge in [0.25, 0.3) is 0 Å². The lowest BCUT2D eigenvalue weighted by Gasteiger charge is -2.29. The van der Waals surface area contributed by atoms with E-state index in [2.05, 4.69) is 9.64 Å². The van der Waals surface area contributed by atoms with Crippen LogP contribution in [0.1, 0.15) is 31.2 Å². The Morgan fingerprint density at radius 2 is 1.86 bits per heavy atom. The largest absolute Gasteiger partial charge is 0.573 e. The number of alkyl halides is 3. The molecule has 0 aromatic heterocycles. The lowest BCUT2D eigenvalue weighted by atomic mass is 10.1. The molecular weight excluding hydrogens is 281 g/mol. The van der Waals surface area contributed by atoms with Crippen molar-refractivity contribution < 1.29 is 17.9 Å². The molecule has 1 aliphatic heterocycles. The third-order valence-electron chi connectivity index (χ3n) is 3.81. The van der Waals surface area contributed by atoms with Crippen molar-refractivity contribution in [3.05, 3.63) is 29.8 Å². The molecule has 0 spiro atoms. The molecule has 1 aliphatic rings. The SMILES string of the molecule is NCC1CCCCCN1Cc1ccc(OC(F)(F)F)cc1. The number of rotatable bonds is 4. The molecule has 118 valence electrons. The second-order valence-corrected chi connectivity index (χ2v) is 5.40. The van der Waals surface area contributed by atoms with Crippen LogP contribution in [0.2, 0.25) is 0 Å². The van der Waals surface area contributed by atoms with E-state index >= 15 is 0 Å². The van der Waals surface area contributed by atoms with Gasteiger partial charge in [0.1, 0.15) is 5.75 Å². The normalized spacial score (nSPS) is 21.0. The number of benzene rings is 1. The van der Waals surface area contributed by atoms with E-state index in [1.165, 1.54) is 25.0 Å². The Morgan fingerprint density at radius 3 is 2.48 bits per heavy atom. The van der Waals surface area contributed by atoms with Crippen LogP contribution in [0.4, 0.5) is 13.2 Å². The molecule has 6 heteroatoms. The van der Waals surface area contributed by atoms with Crippen LogP contribution in [0.5, 0.6) is 5.75 Å². The summed E-state index contributed by atoms with van der Waals surface area (Å²) in [6, 6.07) is 6.44. The molecule has 21 heavy (non-hydrogen) atoms. The minimum atomic E-state index is -4.64. The molecular formula is C15H21F3N2O. The number of halogens is 3. The Hall–Kier alpha value is -1.27. The monoisotopic (exact) mass is 302 g/mol. The zero-order chi connectivity index (χ0) is 15.3. The van der Waals surface area contributed by atoms with Crippen LogP contribution in [-0.4, -0.2) is 30.4 Å². The van der Waals surface area contributed by atoms with Crippen molar-refractivity contribution in [2.24, 2.45) is 5.73 Å². The van der Waals surface area contributed by atoms with Gasteiger partial charge in [-0.1, -0.05) is 25.0 Å². The summed E-state index contributed by atoms with van der Waals surface area (Å²) in [6.45, 7) is 2.33. The number of nitrogens with zero attached hydrogens (tertiary/aromatic N) is 1. The summed E-state index contributed by atoms with van der Waals surface area (Å²) >= 11 is 0. The highest BCUT2D eigenvalue weighted by Crippen LogP contribution is 2.24. The van der Waals surface area contributed by atoms with Gasteiger partial charge in [0.2, 0.25) is 0 Å². The van der Waals surface area contributed by atoms with Gasteiger partial charge in [-0.3, -0.25) is 4.90 Å². The molecule has 0 aliphatic carbocycles. The fourth-order valence-corrected chi connectivity index (χ4v) is 2.74. The van der Waals surface area contributed by atoms with Crippen LogP contribution in [0.3, 0.4) is 0 Å². The van der Waals surface area contributed by atoms with Crippen LogP contribution >= 0.6 is 0 Å². The summed E-state index contributed by atoms with van der Waals surface area (Å²) in [5.41, 5.74) is 6.80. The molecule has 2 N–H and O–H groups in total. The number of hydrogen-bond donors (Lipinski definition) is 1. The minimum absolute atomic E-state index is 0.183. The topological polar surface area (TPSA) is 38.5 Å². The first-order chi connectivity index (χ1) is 9.98. The van der Waals surface area contributed by atoms with Gasteiger partial charge in [0.15, 0.2) is 0 Å². The van der Waals surface area contributed by atoms with Gasteiger partial charge in [-0.05, 0) is 37.1 Å². The lowest BCUT2D eigenvalue weighted by molar-refractivity contribution is -0.274. The van der Waals surface area contributed by atoms with Gasteiger partial charge in [-0.25, -0.2) is 0 Å². The van der Waals surface area contributed by atoms with E-state index in [1.54, 1.807) is 12.1 Å². The zero-order valence-electron chi connectivity index (χ0n) is 11.9. The fourth-order valence-electron chi connectivity index (χ4n) is 2.74. The summed E-state index contributed by atoms with van der Waals surface area (Å²) < 4.78 is 40.2. The molecule has 1 heterocycles. The number of likely N-dealkylation sites (tertiary alicyclic amines) is 1. The smallest absolute Gasteiger partial charge is 0.406 e. The molecule has 0 amide bonds. The van der Waals surface area contributed by atoms with Gasteiger partial charge in [-0.2, -0.15) is 0 Å². The second-order valence-electron chi connectivity index (χ2n) is 5.40. The molecule has 1 saturated heterocycles. The van der Waals surface area contributed by atoms with E-state index in [-0.39, 0.29) is 5.75 Å². The highest BCUT2D eigenvalue weighted by Gasteiger charge is 2.31. The van der Waals surface area contributed by atoms with Gasteiger partial charge >= 0.3 is 6.36 Å². The summed E-state index contributed by atoms with van der Waals surface area (Å²) in [5.74, 6) is -0.183. The first kappa shape index (κ1) is 16.1. The average molecular weight is 302 g/mol. The zero-order valence-corrected chi connectivity index (χ0v) is 11.9. The first-order valence-electron chi connectivity index (χ1n) is 7.27. The maximum Gasteiger partial charge on any atom is 0.573 e. The van der Waals surface area contributed by atoms with E-state index in [0.29, 0.717) is 19.1 Å². The Morgan fingerprint density at radius 1 is 1.14 bits per heavy atom. The van der Waals surface area contributed by atoms with Crippen molar-refractivity contribution in [2.75, 3.05) is 13.1 Å². The third-order valence-corrected chi connectivity index (χ3v) is 3.81. The Kier molecular flexibility index (Phi) is 5.47. The molecule has 0 bridgehead atoms. The summed E-state index contributed by atoms with van der Waals surface area (Å²) in [7, 11) is 0. The van der Waals surface area contributed by atoms with Crippen molar-refractivity contribution in [1.29, 1.82) is 0 Å². The Bertz CT molecular complexity index is 434. The molecule has 0 radical (unpaired) electrons. The maximum atomic E-state index is 12.1. The predicted octanol–water partition coefficient (Wildman–Crippen LogP) is 3.29. The summed E-state index contributed by atoms with van der Waals surface area (Å²) in [6.07, 6.45) is -0.00340. The molecule has 1 aromatic carbocycles. The molecule has 1 aromatic rings. The van der Waals surface area contributed by atoms with E-state index in [1.807, 2.05) is 0 Å². The van der Waals surface area contributed by atoms with Crippen LogP contribution in [0, 0.1) is 0 Å². The maximum absolute atomic E-state index is 12.1. The van der Waals surface area contributed by atoms with E-state index in [0.717, 1.165) is 24.9 Å². The van der Waals surface area contributed by atoms with Gasteiger partial charge < -0.3 is 10.5 Å². The van der Waals surface area contributed by atoms with E-state index < -0.39 is 6.36 Å². The van der Waals surface area contributed by atoms with E-state index in [4.69, 9.17) is 5.73 Å². The van der Waals surface area contributed by atoms with Crippen molar-refractivity contribution in [3.63, 3.8) is 0 Å². The molecule has 0 saturated carbocycles. The first-order valence-corrected chi connectivity index (χ1v) is 7.27. The van der Waals surface area contributed by atoms with Gasteiger partial charge in [0, 0.05) is 19.1 Å². The number of nitrogens with two attached hydrogens (primary N) is 1. The molecule has 1 unspecified atom stereocenters. The highest BCUT2D eigenvalue weighted by atomic mass is 19.4. The number of hydrogen-bond acceptors (Lipinski definition) is 3. The Balaban J connectivity index is 1.98. The fraction of sp³-hybridized carbons (Fsp3) is 0.600. The summed E-state index contributed by atoms with van der Waals surface area (Å²) in [4.78, 5) is 2.33. The molecule has 1 fully saturated rings. The van der Waals surface area contributed by atoms with Crippen molar-refractivity contribution in [2.45, 2.75) is 44.6 Å². The predicted molar refractivity (Wildman–Crippen MR) is 74.8 cm³/mol. The minimum Gasteiger partial charge on any atom is -0.406 e. The van der Waals surface area contributed by atoms with Crippen LogP contribution in [-0.2, 0) is 6.54 Å².